The SMILES string of the molecule is CC(=O)N1CCC(NC=CCCCl)CC1. The maximum Gasteiger partial charge on any atom is 0.219 e. The zero-order valence-corrected chi connectivity index (χ0v) is 9.96. The molecular formula is C11H19ClN2O. The van der Waals surface area contributed by atoms with Crippen LogP contribution in [0.2, 0.25) is 0 Å². The highest BCUT2D eigenvalue weighted by Crippen LogP contribution is 2.10. The van der Waals surface area contributed by atoms with Crippen molar-refractivity contribution in [1.29, 1.82) is 0 Å². The fourth-order valence-corrected chi connectivity index (χ4v) is 1.84. The number of hydrogen-bond donors (Lipinski definition) is 1. The molecule has 4 heteroatoms. The summed E-state index contributed by atoms with van der Waals surface area (Å²) >= 11 is 5.55. The highest BCUT2D eigenvalue weighted by Gasteiger charge is 2.19. The molecule has 1 aliphatic heterocycles. The summed E-state index contributed by atoms with van der Waals surface area (Å²) in [5.74, 6) is 0.854. The number of hydrogen-bond acceptors (Lipinski definition) is 2. The molecule has 1 saturated heterocycles. The average molecular weight is 231 g/mol. The van der Waals surface area contributed by atoms with E-state index in [0.29, 0.717) is 11.9 Å². The zero-order chi connectivity index (χ0) is 11.1. The summed E-state index contributed by atoms with van der Waals surface area (Å²) in [6.45, 7) is 3.38. The summed E-state index contributed by atoms with van der Waals surface area (Å²) in [7, 11) is 0. The second-order valence-corrected chi connectivity index (χ2v) is 4.20. The minimum absolute atomic E-state index is 0.186. The first-order valence-corrected chi connectivity index (χ1v) is 6.00. The van der Waals surface area contributed by atoms with E-state index in [0.717, 1.165) is 32.4 Å². The number of likely N-dealkylation sites (tertiary alicyclic amines) is 1. The van der Waals surface area contributed by atoms with E-state index < -0.39 is 0 Å². The Hall–Kier alpha value is -0.700. The molecule has 1 fully saturated rings. The Morgan fingerprint density at radius 3 is 2.73 bits per heavy atom. The van der Waals surface area contributed by atoms with Gasteiger partial charge in [0.25, 0.3) is 0 Å². The number of amides is 1. The Morgan fingerprint density at radius 2 is 2.20 bits per heavy atom. The van der Waals surface area contributed by atoms with Crippen molar-refractivity contribution in [2.75, 3.05) is 19.0 Å². The van der Waals surface area contributed by atoms with Crippen LogP contribution < -0.4 is 5.32 Å². The Morgan fingerprint density at radius 1 is 1.53 bits per heavy atom. The minimum Gasteiger partial charge on any atom is -0.388 e. The number of carbonyl (C=O) groups excluding carboxylic acids is 1. The van der Waals surface area contributed by atoms with Crippen LogP contribution in [0.3, 0.4) is 0 Å². The number of rotatable bonds is 4. The molecule has 0 saturated carbocycles. The van der Waals surface area contributed by atoms with Crippen molar-refractivity contribution in [3.8, 4) is 0 Å². The second-order valence-electron chi connectivity index (χ2n) is 3.83. The van der Waals surface area contributed by atoms with E-state index in [1.165, 1.54) is 0 Å². The molecule has 15 heavy (non-hydrogen) atoms. The molecule has 1 rings (SSSR count). The zero-order valence-electron chi connectivity index (χ0n) is 9.21. The molecule has 1 aliphatic rings. The lowest BCUT2D eigenvalue weighted by Crippen LogP contribution is -2.42. The van der Waals surface area contributed by atoms with E-state index >= 15 is 0 Å². The molecule has 0 bridgehead atoms. The highest BCUT2D eigenvalue weighted by atomic mass is 35.5. The van der Waals surface area contributed by atoms with E-state index in [1.807, 2.05) is 17.2 Å². The lowest BCUT2D eigenvalue weighted by Gasteiger charge is -2.31. The predicted molar refractivity (Wildman–Crippen MR) is 62.9 cm³/mol. The molecule has 0 radical (unpaired) electrons. The van der Waals surface area contributed by atoms with Gasteiger partial charge in [-0.25, -0.2) is 0 Å². The third kappa shape index (κ3) is 4.56. The number of alkyl halides is 1. The summed E-state index contributed by atoms with van der Waals surface area (Å²) < 4.78 is 0. The first kappa shape index (κ1) is 12.4. The lowest BCUT2D eigenvalue weighted by molar-refractivity contribution is -0.129. The van der Waals surface area contributed by atoms with Crippen molar-refractivity contribution in [2.24, 2.45) is 0 Å². The molecule has 0 aromatic heterocycles. The van der Waals surface area contributed by atoms with E-state index in [4.69, 9.17) is 11.6 Å². The second kappa shape index (κ2) is 6.72. The van der Waals surface area contributed by atoms with E-state index in [-0.39, 0.29) is 5.91 Å². The quantitative estimate of drug-likeness (QED) is 0.747. The Balaban J connectivity index is 2.17. The van der Waals surface area contributed by atoms with Crippen LogP contribution in [0.4, 0.5) is 0 Å². The van der Waals surface area contributed by atoms with Crippen molar-refractivity contribution in [1.82, 2.24) is 10.2 Å². The molecule has 86 valence electrons. The van der Waals surface area contributed by atoms with E-state index in [9.17, 15) is 4.79 Å². The first-order valence-electron chi connectivity index (χ1n) is 5.46. The first-order chi connectivity index (χ1) is 7.24. The fraction of sp³-hybridized carbons (Fsp3) is 0.727. The van der Waals surface area contributed by atoms with Crippen LogP contribution in [-0.2, 0) is 4.79 Å². The number of allylic oxidation sites excluding steroid dienone is 1. The Kier molecular flexibility index (Phi) is 5.54. The summed E-state index contributed by atoms with van der Waals surface area (Å²) in [6, 6.07) is 0.507. The Labute approximate surface area is 96.5 Å². The van der Waals surface area contributed by atoms with E-state index in [2.05, 4.69) is 5.32 Å². The lowest BCUT2D eigenvalue weighted by atomic mass is 10.1. The van der Waals surface area contributed by atoms with Gasteiger partial charge in [-0.2, -0.15) is 0 Å². The number of carbonyl (C=O) groups is 1. The fourth-order valence-electron chi connectivity index (χ4n) is 1.71. The number of halogens is 1. The van der Waals surface area contributed by atoms with Crippen LogP contribution in [0.15, 0.2) is 12.3 Å². The van der Waals surface area contributed by atoms with Crippen molar-refractivity contribution in [3.05, 3.63) is 12.3 Å². The van der Waals surface area contributed by atoms with Gasteiger partial charge in [-0.3, -0.25) is 4.79 Å². The topological polar surface area (TPSA) is 32.3 Å². The molecular weight excluding hydrogens is 212 g/mol. The van der Waals surface area contributed by atoms with Crippen LogP contribution in [0.1, 0.15) is 26.2 Å². The third-order valence-corrected chi connectivity index (χ3v) is 2.88. The van der Waals surface area contributed by atoms with Crippen LogP contribution >= 0.6 is 11.6 Å². The van der Waals surface area contributed by atoms with Crippen molar-refractivity contribution in [2.45, 2.75) is 32.2 Å². The highest BCUT2D eigenvalue weighted by molar-refractivity contribution is 6.17. The van der Waals surface area contributed by atoms with Crippen LogP contribution in [-0.4, -0.2) is 35.8 Å². The van der Waals surface area contributed by atoms with Gasteiger partial charge in [0.2, 0.25) is 5.91 Å². The maximum absolute atomic E-state index is 11.1. The largest absolute Gasteiger partial charge is 0.388 e. The molecule has 3 nitrogen and oxygen atoms in total. The molecule has 1 amide bonds. The minimum atomic E-state index is 0.186. The van der Waals surface area contributed by atoms with Crippen molar-refractivity contribution < 1.29 is 4.79 Å². The number of piperidine rings is 1. The number of nitrogens with zero attached hydrogens (tertiary/aromatic N) is 1. The van der Waals surface area contributed by atoms with Gasteiger partial charge in [0.15, 0.2) is 0 Å². The molecule has 0 aromatic carbocycles. The van der Waals surface area contributed by atoms with Gasteiger partial charge in [0.1, 0.15) is 0 Å². The third-order valence-electron chi connectivity index (χ3n) is 2.67. The summed E-state index contributed by atoms with van der Waals surface area (Å²) in [5.41, 5.74) is 0. The van der Waals surface area contributed by atoms with Crippen LogP contribution in [0.25, 0.3) is 0 Å². The molecule has 1 heterocycles. The molecule has 0 atom stereocenters. The molecule has 0 unspecified atom stereocenters. The molecule has 0 spiro atoms. The molecule has 0 aliphatic carbocycles. The van der Waals surface area contributed by atoms with Gasteiger partial charge in [0.05, 0.1) is 0 Å². The summed E-state index contributed by atoms with van der Waals surface area (Å²) in [4.78, 5) is 13.0. The Bertz CT molecular complexity index is 223. The van der Waals surface area contributed by atoms with Crippen molar-refractivity contribution >= 4 is 17.5 Å². The van der Waals surface area contributed by atoms with Gasteiger partial charge in [-0.15, -0.1) is 11.6 Å². The monoisotopic (exact) mass is 230 g/mol. The number of nitrogens with one attached hydrogen (secondary N) is 1. The average Bonchev–Trinajstić information content (AvgIpc) is 2.25. The maximum atomic E-state index is 11.1. The van der Waals surface area contributed by atoms with Gasteiger partial charge >= 0.3 is 0 Å². The molecule has 0 aromatic rings. The smallest absolute Gasteiger partial charge is 0.219 e. The normalized spacial score (nSPS) is 18.4. The summed E-state index contributed by atoms with van der Waals surface area (Å²) in [6.07, 6.45) is 7.00. The van der Waals surface area contributed by atoms with Gasteiger partial charge in [-0.1, -0.05) is 6.08 Å². The predicted octanol–water partition coefficient (Wildman–Crippen LogP) is 1.73. The van der Waals surface area contributed by atoms with Crippen molar-refractivity contribution in [3.63, 3.8) is 0 Å². The summed E-state index contributed by atoms with van der Waals surface area (Å²) in [5, 5.41) is 3.34. The standard InChI is InChI=1S/C11H19ClN2O/c1-10(15)14-8-4-11(5-9-14)13-7-3-2-6-12/h3,7,11,13H,2,4-6,8-9H2,1H3. The van der Waals surface area contributed by atoms with Crippen LogP contribution in [0, 0.1) is 0 Å². The van der Waals surface area contributed by atoms with E-state index in [1.54, 1.807) is 6.92 Å². The molecule has 1 N–H and O–H groups in total. The van der Waals surface area contributed by atoms with Gasteiger partial charge in [0, 0.05) is 31.9 Å². The van der Waals surface area contributed by atoms with Crippen LogP contribution in [0.5, 0.6) is 0 Å². The van der Waals surface area contributed by atoms with Gasteiger partial charge in [-0.05, 0) is 25.5 Å². The van der Waals surface area contributed by atoms with Gasteiger partial charge < -0.3 is 10.2 Å².